The minimum Gasteiger partial charge on any atom is -0.353 e. The van der Waals surface area contributed by atoms with Gasteiger partial charge in [-0.2, -0.15) is 0 Å². The molecule has 0 bridgehead atoms. The lowest BCUT2D eigenvalue weighted by Gasteiger charge is -2.29. The lowest BCUT2D eigenvalue weighted by Crippen LogP contribution is -2.54. The third-order valence-electron chi connectivity index (χ3n) is 5.43. The van der Waals surface area contributed by atoms with Gasteiger partial charge in [-0.3, -0.25) is 14.9 Å². The Morgan fingerprint density at radius 3 is 2.76 bits per heavy atom. The Morgan fingerprint density at radius 1 is 1.40 bits per heavy atom. The topological polar surface area (TPSA) is 105 Å². The molecule has 4 amide bonds. The zero-order chi connectivity index (χ0) is 18.0. The van der Waals surface area contributed by atoms with E-state index in [0.717, 1.165) is 19.3 Å². The second-order valence-electron chi connectivity index (χ2n) is 7.18. The summed E-state index contributed by atoms with van der Waals surface area (Å²) in [5, 5.41) is 7.70. The van der Waals surface area contributed by atoms with Crippen molar-refractivity contribution in [1.29, 1.82) is 0 Å². The summed E-state index contributed by atoms with van der Waals surface area (Å²) in [7, 11) is 1.74. The van der Waals surface area contributed by atoms with Crippen LogP contribution in [0.4, 0.5) is 4.79 Å². The number of carbonyl (C=O) groups excluding carboxylic acids is 3. The monoisotopic (exact) mass is 347 g/mol. The second-order valence-corrected chi connectivity index (χ2v) is 7.18. The van der Waals surface area contributed by atoms with E-state index in [9.17, 15) is 14.4 Å². The molecule has 0 spiro atoms. The molecule has 8 heteroatoms. The van der Waals surface area contributed by atoms with Gasteiger partial charge in [0.05, 0.1) is 6.54 Å². The number of aryl methyl sites for hydroxylation is 1. The van der Waals surface area contributed by atoms with Crippen molar-refractivity contribution < 1.29 is 14.4 Å². The van der Waals surface area contributed by atoms with Crippen LogP contribution in [0.2, 0.25) is 0 Å². The second kappa shape index (κ2) is 6.85. The maximum absolute atomic E-state index is 12.4. The molecule has 3 N–H and O–H groups in total. The van der Waals surface area contributed by atoms with Gasteiger partial charge in [-0.05, 0) is 18.3 Å². The Hall–Kier alpha value is -2.38. The minimum absolute atomic E-state index is 0.0185. The molecule has 2 heterocycles. The van der Waals surface area contributed by atoms with Gasteiger partial charge in [0.25, 0.3) is 5.91 Å². The van der Waals surface area contributed by atoms with Crippen LogP contribution >= 0.6 is 0 Å². The predicted molar refractivity (Wildman–Crippen MR) is 90.3 cm³/mol. The quantitative estimate of drug-likeness (QED) is 0.685. The van der Waals surface area contributed by atoms with Gasteiger partial charge in [-0.1, -0.05) is 26.2 Å². The van der Waals surface area contributed by atoms with Crippen LogP contribution in [0, 0.1) is 11.8 Å². The van der Waals surface area contributed by atoms with Crippen molar-refractivity contribution in [3.05, 3.63) is 18.2 Å². The van der Waals surface area contributed by atoms with E-state index >= 15 is 0 Å². The summed E-state index contributed by atoms with van der Waals surface area (Å²) in [5.74, 6) is 0.712. The van der Waals surface area contributed by atoms with Gasteiger partial charge < -0.3 is 15.2 Å². The lowest BCUT2D eigenvalue weighted by atomic mass is 9.78. The first kappa shape index (κ1) is 17.4. The number of imidazole rings is 1. The highest BCUT2D eigenvalue weighted by molar-refractivity contribution is 6.07. The molecule has 1 aromatic heterocycles. The molecule has 8 nitrogen and oxygen atoms in total. The zero-order valence-corrected chi connectivity index (χ0v) is 14.7. The van der Waals surface area contributed by atoms with E-state index in [1.54, 1.807) is 24.0 Å². The van der Waals surface area contributed by atoms with Crippen molar-refractivity contribution in [1.82, 2.24) is 25.5 Å². The predicted octanol–water partition coefficient (Wildman–Crippen LogP) is 0.787. The van der Waals surface area contributed by atoms with E-state index in [2.05, 4.69) is 27.9 Å². The standard InChI is InChI=1S/C17H25N5O3/c1-11-5-3-4-6-12(11)9-13(23)19-10-17(14-18-7-8-22(14)2)15(24)20-16(25)21-17/h7-8,11-12H,3-6,9-10H2,1-2H3,(H,19,23)(H2,20,21,24,25). The van der Waals surface area contributed by atoms with E-state index < -0.39 is 17.5 Å². The number of nitrogens with zero attached hydrogens (tertiary/aromatic N) is 2. The average Bonchev–Trinajstić information content (AvgIpc) is 3.11. The van der Waals surface area contributed by atoms with Crippen molar-refractivity contribution in [2.45, 2.75) is 44.6 Å². The molecule has 25 heavy (non-hydrogen) atoms. The van der Waals surface area contributed by atoms with Crippen LogP contribution in [-0.2, 0) is 22.2 Å². The van der Waals surface area contributed by atoms with E-state index in [0.29, 0.717) is 24.1 Å². The number of aromatic nitrogens is 2. The van der Waals surface area contributed by atoms with Crippen LogP contribution in [-0.4, -0.2) is 33.9 Å². The fraction of sp³-hybridized carbons (Fsp3) is 0.647. The number of hydrogen-bond donors (Lipinski definition) is 3. The summed E-state index contributed by atoms with van der Waals surface area (Å²) >= 11 is 0. The minimum atomic E-state index is -1.37. The third kappa shape index (κ3) is 3.38. The van der Waals surface area contributed by atoms with Crippen molar-refractivity contribution in [2.24, 2.45) is 18.9 Å². The van der Waals surface area contributed by atoms with Crippen LogP contribution < -0.4 is 16.0 Å². The largest absolute Gasteiger partial charge is 0.353 e. The molecule has 3 rings (SSSR count). The highest BCUT2D eigenvalue weighted by Crippen LogP contribution is 2.32. The van der Waals surface area contributed by atoms with Crippen molar-refractivity contribution in [2.75, 3.05) is 6.54 Å². The Bertz CT molecular complexity index is 686. The number of amides is 4. The van der Waals surface area contributed by atoms with Crippen molar-refractivity contribution >= 4 is 17.8 Å². The molecule has 2 fully saturated rings. The molecule has 2 aliphatic rings. The Kier molecular flexibility index (Phi) is 4.78. The Morgan fingerprint density at radius 2 is 2.16 bits per heavy atom. The number of urea groups is 1. The molecule has 1 saturated carbocycles. The van der Waals surface area contributed by atoms with Gasteiger partial charge in [-0.15, -0.1) is 0 Å². The maximum atomic E-state index is 12.4. The van der Waals surface area contributed by atoms with E-state index in [1.165, 1.54) is 6.42 Å². The summed E-state index contributed by atoms with van der Waals surface area (Å²) in [6, 6.07) is -0.580. The number of imide groups is 1. The molecular formula is C17H25N5O3. The van der Waals surface area contributed by atoms with Crippen molar-refractivity contribution in [3.63, 3.8) is 0 Å². The van der Waals surface area contributed by atoms with Gasteiger partial charge in [0.2, 0.25) is 5.91 Å². The van der Waals surface area contributed by atoms with Crippen LogP contribution in [0.25, 0.3) is 0 Å². The van der Waals surface area contributed by atoms with Crippen LogP contribution in [0.15, 0.2) is 12.4 Å². The summed E-state index contributed by atoms with van der Waals surface area (Å²) < 4.78 is 1.67. The molecule has 3 atom stereocenters. The van der Waals surface area contributed by atoms with Gasteiger partial charge >= 0.3 is 6.03 Å². The first-order chi connectivity index (χ1) is 11.9. The fourth-order valence-electron chi connectivity index (χ4n) is 3.87. The fourth-order valence-corrected chi connectivity index (χ4v) is 3.87. The molecule has 0 radical (unpaired) electrons. The normalized spacial score (nSPS) is 29.2. The first-order valence-corrected chi connectivity index (χ1v) is 8.80. The molecule has 136 valence electrons. The molecule has 3 unspecified atom stereocenters. The summed E-state index contributed by atoms with van der Waals surface area (Å²) in [6.07, 6.45) is 8.32. The summed E-state index contributed by atoms with van der Waals surface area (Å²) in [4.78, 5) is 40.7. The van der Waals surface area contributed by atoms with E-state index in [1.807, 2.05) is 0 Å². The molecule has 1 aliphatic heterocycles. The highest BCUT2D eigenvalue weighted by Gasteiger charge is 2.50. The molecular weight excluding hydrogens is 322 g/mol. The van der Waals surface area contributed by atoms with Crippen LogP contribution in [0.1, 0.15) is 44.9 Å². The van der Waals surface area contributed by atoms with E-state index in [4.69, 9.17) is 0 Å². The molecule has 1 aromatic rings. The smallest absolute Gasteiger partial charge is 0.322 e. The molecule has 1 aliphatic carbocycles. The Labute approximate surface area is 146 Å². The first-order valence-electron chi connectivity index (χ1n) is 8.80. The maximum Gasteiger partial charge on any atom is 0.322 e. The van der Waals surface area contributed by atoms with Crippen LogP contribution in [0.5, 0.6) is 0 Å². The van der Waals surface area contributed by atoms with E-state index in [-0.39, 0.29) is 12.5 Å². The molecule has 0 aromatic carbocycles. The number of carbonyl (C=O) groups is 3. The number of hydrogen-bond acceptors (Lipinski definition) is 4. The number of nitrogens with one attached hydrogen (secondary N) is 3. The summed E-state index contributed by atoms with van der Waals surface area (Å²) in [6.45, 7) is 2.17. The molecule has 1 saturated heterocycles. The van der Waals surface area contributed by atoms with Crippen molar-refractivity contribution in [3.8, 4) is 0 Å². The van der Waals surface area contributed by atoms with Crippen LogP contribution in [0.3, 0.4) is 0 Å². The SMILES string of the molecule is CC1CCCCC1CC(=O)NCC1(c2nccn2C)NC(=O)NC1=O. The number of rotatable bonds is 5. The van der Waals surface area contributed by atoms with Gasteiger partial charge in [0, 0.05) is 25.9 Å². The average molecular weight is 347 g/mol. The highest BCUT2D eigenvalue weighted by atomic mass is 16.2. The zero-order valence-electron chi connectivity index (χ0n) is 14.7. The van der Waals surface area contributed by atoms with Gasteiger partial charge in [0.15, 0.2) is 5.54 Å². The third-order valence-corrected chi connectivity index (χ3v) is 5.43. The van der Waals surface area contributed by atoms with Gasteiger partial charge in [0.1, 0.15) is 5.82 Å². The summed E-state index contributed by atoms with van der Waals surface area (Å²) in [5.41, 5.74) is -1.37. The van der Waals surface area contributed by atoms with Gasteiger partial charge in [-0.25, -0.2) is 9.78 Å². The lowest BCUT2D eigenvalue weighted by molar-refractivity contribution is -0.126. The Balaban J connectivity index is 1.69.